The molecule has 30 heavy (non-hydrogen) atoms. The third-order valence-electron chi connectivity index (χ3n) is 7.27. The molecule has 3 aliphatic rings. The number of ether oxygens (including phenoxy) is 1. The number of amides is 1. The fourth-order valence-corrected chi connectivity index (χ4v) is 5.74. The van der Waals surface area contributed by atoms with E-state index in [2.05, 4.69) is 41.3 Å². The summed E-state index contributed by atoms with van der Waals surface area (Å²) in [7, 11) is 1.85. The summed E-state index contributed by atoms with van der Waals surface area (Å²) < 4.78 is 6.08. The molecule has 0 aromatic carbocycles. The zero-order valence-corrected chi connectivity index (χ0v) is 20.2. The van der Waals surface area contributed by atoms with Gasteiger partial charge in [-0.05, 0) is 38.5 Å². The van der Waals surface area contributed by atoms with E-state index in [9.17, 15) is 4.79 Å². The Labute approximate surface area is 187 Å². The summed E-state index contributed by atoms with van der Waals surface area (Å²) in [4.78, 5) is 19.3. The first-order chi connectivity index (χ1) is 14.5. The molecule has 1 aliphatic heterocycles. The van der Waals surface area contributed by atoms with Crippen molar-refractivity contribution in [1.82, 2.24) is 15.5 Å². The molecule has 3 rings (SSSR count). The Morgan fingerprint density at radius 2 is 1.87 bits per heavy atom. The van der Waals surface area contributed by atoms with Gasteiger partial charge in [0.05, 0.1) is 6.10 Å². The molecule has 6 nitrogen and oxygen atoms in total. The minimum atomic E-state index is 0.113. The van der Waals surface area contributed by atoms with Gasteiger partial charge in [-0.3, -0.25) is 9.79 Å². The third-order valence-corrected chi connectivity index (χ3v) is 8.21. The lowest BCUT2D eigenvalue weighted by atomic mass is 9.64. The van der Waals surface area contributed by atoms with Crippen molar-refractivity contribution in [3.8, 4) is 0 Å². The van der Waals surface area contributed by atoms with E-state index in [1.165, 1.54) is 6.42 Å². The van der Waals surface area contributed by atoms with Crippen molar-refractivity contribution in [3.63, 3.8) is 0 Å². The first-order valence-electron chi connectivity index (χ1n) is 11.9. The number of thioether (sulfide) groups is 1. The van der Waals surface area contributed by atoms with Crippen LogP contribution in [-0.4, -0.2) is 73.2 Å². The van der Waals surface area contributed by atoms with Crippen molar-refractivity contribution < 1.29 is 9.53 Å². The number of guanidine groups is 1. The summed E-state index contributed by atoms with van der Waals surface area (Å²) in [5, 5.41) is 7.25. The summed E-state index contributed by atoms with van der Waals surface area (Å²) in [6.07, 6.45) is 7.72. The predicted molar refractivity (Wildman–Crippen MR) is 126 cm³/mol. The van der Waals surface area contributed by atoms with Crippen LogP contribution >= 0.6 is 11.8 Å². The van der Waals surface area contributed by atoms with Crippen molar-refractivity contribution >= 4 is 23.6 Å². The molecule has 1 saturated heterocycles. The average molecular weight is 439 g/mol. The highest BCUT2D eigenvalue weighted by Gasteiger charge is 2.49. The zero-order valence-electron chi connectivity index (χ0n) is 19.4. The smallest absolute Gasteiger partial charge is 0.225 e. The van der Waals surface area contributed by atoms with Gasteiger partial charge in [0.1, 0.15) is 0 Å². The molecule has 7 heteroatoms. The Kier molecular flexibility index (Phi) is 8.75. The van der Waals surface area contributed by atoms with Crippen molar-refractivity contribution in [1.29, 1.82) is 0 Å². The molecule has 2 aliphatic carbocycles. The van der Waals surface area contributed by atoms with E-state index in [1.807, 2.05) is 18.8 Å². The molecule has 0 aromatic heterocycles. The quantitative estimate of drug-likeness (QED) is 0.363. The number of nitrogens with one attached hydrogen (secondary N) is 2. The van der Waals surface area contributed by atoms with Gasteiger partial charge in [-0.25, -0.2) is 0 Å². The number of aliphatic imine (C=N–C) groups is 1. The minimum Gasteiger partial charge on any atom is -0.378 e. The molecule has 2 saturated carbocycles. The van der Waals surface area contributed by atoms with Gasteiger partial charge in [0.2, 0.25) is 5.91 Å². The van der Waals surface area contributed by atoms with Crippen LogP contribution in [0.25, 0.3) is 0 Å². The number of hydrogen-bond acceptors (Lipinski definition) is 4. The molecule has 172 valence electrons. The number of hydrogen-bond donors (Lipinski definition) is 2. The maximum Gasteiger partial charge on any atom is 0.225 e. The Morgan fingerprint density at radius 3 is 2.47 bits per heavy atom. The van der Waals surface area contributed by atoms with E-state index < -0.39 is 0 Å². The maximum atomic E-state index is 12.8. The molecule has 1 heterocycles. The van der Waals surface area contributed by atoms with Crippen molar-refractivity contribution in [2.45, 2.75) is 83.9 Å². The first kappa shape index (κ1) is 23.7. The van der Waals surface area contributed by atoms with Crippen molar-refractivity contribution in [2.75, 3.05) is 38.2 Å². The van der Waals surface area contributed by atoms with Crippen LogP contribution in [0.3, 0.4) is 0 Å². The molecule has 0 aromatic rings. The monoisotopic (exact) mass is 438 g/mol. The molecule has 0 bridgehead atoms. The van der Waals surface area contributed by atoms with Gasteiger partial charge in [-0.1, -0.05) is 27.2 Å². The Hall–Kier alpha value is -0.950. The lowest BCUT2D eigenvalue weighted by Crippen LogP contribution is -2.64. The van der Waals surface area contributed by atoms with Crippen LogP contribution in [0.4, 0.5) is 0 Å². The molecular formula is C23H42N4O2S. The Balaban J connectivity index is 1.40. The first-order valence-corrected chi connectivity index (χ1v) is 13.1. The van der Waals surface area contributed by atoms with Crippen LogP contribution in [0.5, 0.6) is 0 Å². The second-order valence-electron chi connectivity index (χ2n) is 9.67. The SMILES string of the molecule is CCCCOC1CC(NC(=NC)NC2CCC(C(=O)N3CCSCC3)CC2)C1(C)C. The van der Waals surface area contributed by atoms with Gasteiger partial charge in [0.15, 0.2) is 5.96 Å². The summed E-state index contributed by atoms with van der Waals surface area (Å²) >= 11 is 1.96. The van der Waals surface area contributed by atoms with Gasteiger partial charge in [-0.2, -0.15) is 11.8 Å². The molecule has 2 unspecified atom stereocenters. The lowest BCUT2D eigenvalue weighted by Gasteiger charge is -2.52. The second kappa shape index (κ2) is 11.1. The number of carbonyl (C=O) groups is 1. The molecular weight excluding hydrogens is 396 g/mol. The van der Waals surface area contributed by atoms with E-state index in [-0.39, 0.29) is 11.3 Å². The van der Waals surface area contributed by atoms with Gasteiger partial charge in [0, 0.05) is 61.7 Å². The minimum absolute atomic E-state index is 0.113. The summed E-state index contributed by atoms with van der Waals surface area (Å²) in [6, 6.07) is 0.780. The zero-order chi connectivity index (χ0) is 21.6. The van der Waals surface area contributed by atoms with E-state index in [4.69, 9.17) is 4.74 Å². The van der Waals surface area contributed by atoms with E-state index in [0.717, 1.165) is 75.7 Å². The number of unbranched alkanes of at least 4 members (excludes halogenated alkanes) is 1. The maximum absolute atomic E-state index is 12.8. The van der Waals surface area contributed by atoms with E-state index in [1.54, 1.807) is 0 Å². The summed E-state index contributed by atoms with van der Waals surface area (Å²) in [5.74, 6) is 3.68. The van der Waals surface area contributed by atoms with E-state index >= 15 is 0 Å². The van der Waals surface area contributed by atoms with Crippen LogP contribution in [-0.2, 0) is 9.53 Å². The van der Waals surface area contributed by atoms with Crippen molar-refractivity contribution in [2.24, 2.45) is 16.3 Å². The highest BCUT2D eigenvalue weighted by Crippen LogP contribution is 2.42. The van der Waals surface area contributed by atoms with E-state index in [0.29, 0.717) is 24.1 Å². The van der Waals surface area contributed by atoms with Crippen LogP contribution < -0.4 is 10.6 Å². The largest absolute Gasteiger partial charge is 0.378 e. The fraction of sp³-hybridized carbons (Fsp3) is 0.913. The topological polar surface area (TPSA) is 66.0 Å². The molecule has 1 amide bonds. The fourth-order valence-electron chi connectivity index (χ4n) is 4.84. The number of nitrogens with zero attached hydrogens (tertiary/aromatic N) is 2. The van der Waals surface area contributed by atoms with Crippen LogP contribution in [0, 0.1) is 11.3 Å². The molecule has 2 N–H and O–H groups in total. The Bertz CT molecular complexity index is 584. The second-order valence-corrected chi connectivity index (χ2v) is 10.9. The van der Waals surface area contributed by atoms with Crippen LogP contribution in [0.1, 0.15) is 65.7 Å². The number of rotatable bonds is 7. The van der Waals surface area contributed by atoms with Crippen LogP contribution in [0.15, 0.2) is 4.99 Å². The molecule has 3 fully saturated rings. The van der Waals surface area contributed by atoms with Gasteiger partial charge in [-0.15, -0.1) is 0 Å². The van der Waals surface area contributed by atoms with Crippen LogP contribution in [0.2, 0.25) is 0 Å². The van der Waals surface area contributed by atoms with Gasteiger partial charge >= 0.3 is 0 Å². The average Bonchev–Trinajstić information content (AvgIpc) is 2.77. The molecule has 0 spiro atoms. The normalized spacial score (nSPS) is 31.7. The summed E-state index contributed by atoms with van der Waals surface area (Å²) in [5.41, 5.74) is 0.113. The predicted octanol–water partition coefficient (Wildman–Crippen LogP) is 3.27. The Morgan fingerprint density at radius 1 is 1.17 bits per heavy atom. The molecule has 0 radical (unpaired) electrons. The standard InChI is InChI=1S/C23H42N4O2S/c1-5-6-13-29-20-16-19(23(20,2)3)26-22(24-4)25-18-9-7-17(8-10-18)21(28)27-11-14-30-15-12-27/h17-20H,5-16H2,1-4H3,(H2,24,25,26). The summed E-state index contributed by atoms with van der Waals surface area (Å²) in [6.45, 7) is 9.49. The third kappa shape index (κ3) is 5.84. The highest BCUT2D eigenvalue weighted by molar-refractivity contribution is 7.99. The molecule has 2 atom stereocenters. The number of carbonyl (C=O) groups excluding carboxylic acids is 1. The highest BCUT2D eigenvalue weighted by atomic mass is 32.2. The van der Waals surface area contributed by atoms with Gasteiger partial charge in [0.25, 0.3) is 0 Å². The van der Waals surface area contributed by atoms with Crippen molar-refractivity contribution in [3.05, 3.63) is 0 Å². The van der Waals surface area contributed by atoms with Gasteiger partial charge < -0.3 is 20.3 Å². The lowest BCUT2D eigenvalue weighted by molar-refractivity contribution is -0.136.